The SMILES string of the molecule is Cc1cc(S(=O)(=O)CCBr)ccc1Cl. The number of halogens is 2. The molecule has 5 heteroatoms. The molecule has 0 aliphatic heterocycles. The summed E-state index contributed by atoms with van der Waals surface area (Å²) < 4.78 is 23.2. The third-order valence-corrected chi connectivity index (χ3v) is 4.89. The maximum atomic E-state index is 11.6. The van der Waals surface area contributed by atoms with Crippen molar-refractivity contribution < 1.29 is 8.42 Å². The minimum atomic E-state index is -3.16. The van der Waals surface area contributed by atoms with Gasteiger partial charge in [-0.3, -0.25) is 0 Å². The standard InChI is InChI=1S/C9H10BrClO2S/c1-7-6-8(2-3-9(7)11)14(12,13)5-4-10/h2-3,6H,4-5H2,1H3. The predicted molar refractivity (Wildman–Crippen MR) is 62.0 cm³/mol. The second-order valence-corrected chi connectivity index (χ2v) is 6.23. The van der Waals surface area contributed by atoms with Gasteiger partial charge in [-0.05, 0) is 30.7 Å². The van der Waals surface area contributed by atoms with Gasteiger partial charge in [0.2, 0.25) is 0 Å². The summed E-state index contributed by atoms with van der Waals surface area (Å²) >= 11 is 8.91. The van der Waals surface area contributed by atoms with Crippen molar-refractivity contribution in [2.45, 2.75) is 11.8 Å². The number of hydrogen-bond donors (Lipinski definition) is 0. The molecule has 0 saturated carbocycles. The maximum absolute atomic E-state index is 11.6. The number of benzene rings is 1. The van der Waals surface area contributed by atoms with Crippen molar-refractivity contribution in [3.05, 3.63) is 28.8 Å². The molecule has 0 aromatic heterocycles. The van der Waals surface area contributed by atoms with E-state index in [1.807, 2.05) is 0 Å². The van der Waals surface area contributed by atoms with Gasteiger partial charge in [0.05, 0.1) is 10.6 Å². The molecule has 0 radical (unpaired) electrons. The first-order chi connectivity index (χ1) is 6.47. The van der Waals surface area contributed by atoms with Crippen LogP contribution in [0.4, 0.5) is 0 Å². The van der Waals surface area contributed by atoms with Crippen molar-refractivity contribution in [1.29, 1.82) is 0 Å². The lowest BCUT2D eigenvalue weighted by molar-refractivity contribution is 0.597. The van der Waals surface area contributed by atoms with Gasteiger partial charge in [-0.15, -0.1) is 0 Å². The van der Waals surface area contributed by atoms with E-state index in [0.717, 1.165) is 5.56 Å². The maximum Gasteiger partial charge on any atom is 0.179 e. The normalized spacial score (nSPS) is 11.6. The van der Waals surface area contributed by atoms with Gasteiger partial charge >= 0.3 is 0 Å². The fraction of sp³-hybridized carbons (Fsp3) is 0.333. The van der Waals surface area contributed by atoms with Crippen LogP contribution in [0.25, 0.3) is 0 Å². The summed E-state index contributed by atoms with van der Waals surface area (Å²) in [6.07, 6.45) is 0. The van der Waals surface area contributed by atoms with E-state index >= 15 is 0 Å². The van der Waals surface area contributed by atoms with Crippen molar-refractivity contribution in [3.8, 4) is 0 Å². The van der Waals surface area contributed by atoms with Crippen LogP contribution < -0.4 is 0 Å². The molecule has 0 atom stereocenters. The molecule has 1 aromatic carbocycles. The van der Waals surface area contributed by atoms with E-state index in [-0.39, 0.29) is 5.75 Å². The molecule has 1 aromatic rings. The van der Waals surface area contributed by atoms with Gasteiger partial charge in [0.15, 0.2) is 9.84 Å². The van der Waals surface area contributed by atoms with Crippen LogP contribution in [0.2, 0.25) is 5.02 Å². The molecular formula is C9H10BrClO2S. The summed E-state index contributed by atoms with van der Waals surface area (Å²) in [5.74, 6) is 0.105. The summed E-state index contributed by atoms with van der Waals surface area (Å²) in [4.78, 5) is 0.332. The topological polar surface area (TPSA) is 34.1 Å². The summed E-state index contributed by atoms with van der Waals surface area (Å²) in [6, 6.07) is 4.74. The Labute approximate surface area is 97.3 Å². The van der Waals surface area contributed by atoms with Crippen molar-refractivity contribution in [2.24, 2.45) is 0 Å². The fourth-order valence-electron chi connectivity index (χ4n) is 1.03. The minimum absolute atomic E-state index is 0.105. The molecule has 0 amide bonds. The third kappa shape index (κ3) is 2.72. The molecule has 0 fully saturated rings. The Morgan fingerprint density at radius 3 is 2.57 bits per heavy atom. The third-order valence-electron chi connectivity index (χ3n) is 1.83. The highest BCUT2D eigenvalue weighted by Gasteiger charge is 2.13. The first kappa shape index (κ1) is 12.0. The number of hydrogen-bond acceptors (Lipinski definition) is 2. The molecule has 2 nitrogen and oxygen atoms in total. The van der Waals surface area contributed by atoms with E-state index in [1.165, 1.54) is 6.07 Å². The molecule has 0 N–H and O–H groups in total. The van der Waals surface area contributed by atoms with Gasteiger partial charge in [-0.2, -0.15) is 0 Å². The van der Waals surface area contributed by atoms with Gasteiger partial charge in [0.1, 0.15) is 0 Å². The van der Waals surface area contributed by atoms with E-state index < -0.39 is 9.84 Å². The van der Waals surface area contributed by atoms with E-state index in [1.54, 1.807) is 19.1 Å². The number of rotatable bonds is 3. The van der Waals surface area contributed by atoms with Crippen LogP contribution in [-0.4, -0.2) is 19.5 Å². The van der Waals surface area contributed by atoms with Gasteiger partial charge in [-0.1, -0.05) is 27.5 Å². The molecular weight excluding hydrogens is 288 g/mol. The quantitative estimate of drug-likeness (QED) is 0.804. The van der Waals surface area contributed by atoms with Gasteiger partial charge in [-0.25, -0.2) is 8.42 Å². The van der Waals surface area contributed by atoms with Crippen molar-refractivity contribution >= 4 is 37.4 Å². The Hall–Kier alpha value is -0.0600. The average Bonchev–Trinajstić information content (AvgIpc) is 2.09. The second-order valence-electron chi connectivity index (χ2n) is 2.92. The molecule has 0 saturated heterocycles. The minimum Gasteiger partial charge on any atom is -0.224 e. The zero-order chi connectivity index (χ0) is 10.8. The van der Waals surface area contributed by atoms with Gasteiger partial charge < -0.3 is 0 Å². The molecule has 14 heavy (non-hydrogen) atoms. The zero-order valence-electron chi connectivity index (χ0n) is 7.63. The summed E-state index contributed by atoms with van der Waals surface area (Å²) in [5.41, 5.74) is 0.780. The fourth-order valence-corrected chi connectivity index (χ4v) is 3.50. The van der Waals surface area contributed by atoms with Crippen molar-refractivity contribution in [1.82, 2.24) is 0 Å². The van der Waals surface area contributed by atoms with E-state index in [9.17, 15) is 8.42 Å². The summed E-state index contributed by atoms with van der Waals surface area (Å²) in [7, 11) is -3.16. The van der Waals surface area contributed by atoms with Crippen LogP contribution in [0, 0.1) is 6.92 Å². The van der Waals surface area contributed by atoms with Crippen molar-refractivity contribution in [2.75, 3.05) is 11.1 Å². The first-order valence-electron chi connectivity index (χ1n) is 4.02. The molecule has 0 unspecified atom stereocenters. The zero-order valence-corrected chi connectivity index (χ0v) is 10.8. The Bertz CT molecular complexity index is 428. The Morgan fingerprint density at radius 2 is 2.07 bits per heavy atom. The summed E-state index contributed by atoms with van der Waals surface area (Å²) in [5, 5.41) is 1.03. The van der Waals surface area contributed by atoms with Crippen LogP contribution in [0.3, 0.4) is 0 Å². The van der Waals surface area contributed by atoms with E-state index in [4.69, 9.17) is 11.6 Å². The monoisotopic (exact) mass is 296 g/mol. The summed E-state index contributed by atoms with van der Waals surface area (Å²) in [6.45, 7) is 1.79. The van der Waals surface area contributed by atoms with Crippen LogP contribution in [0.1, 0.15) is 5.56 Å². The molecule has 0 heterocycles. The first-order valence-corrected chi connectivity index (χ1v) is 7.17. The van der Waals surface area contributed by atoms with Crippen molar-refractivity contribution in [3.63, 3.8) is 0 Å². The van der Waals surface area contributed by atoms with Crippen LogP contribution in [-0.2, 0) is 9.84 Å². The molecule has 0 spiro atoms. The second kappa shape index (κ2) is 4.64. The van der Waals surface area contributed by atoms with Crippen LogP contribution in [0.15, 0.2) is 23.1 Å². The molecule has 0 bridgehead atoms. The lowest BCUT2D eigenvalue weighted by Crippen LogP contribution is -2.07. The molecule has 78 valence electrons. The highest BCUT2D eigenvalue weighted by molar-refractivity contribution is 9.09. The largest absolute Gasteiger partial charge is 0.224 e. The lowest BCUT2D eigenvalue weighted by atomic mass is 10.2. The highest BCUT2D eigenvalue weighted by Crippen LogP contribution is 2.20. The lowest BCUT2D eigenvalue weighted by Gasteiger charge is -2.04. The van der Waals surface area contributed by atoms with E-state index in [0.29, 0.717) is 15.2 Å². The highest BCUT2D eigenvalue weighted by atomic mass is 79.9. The Morgan fingerprint density at radius 1 is 1.43 bits per heavy atom. The Balaban J connectivity index is 3.15. The predicted octanol–water partition coefficient (Wildman–Crippen LogP) is 2.82. The Kier molecular flexibility index (Phi) is 3.98. The average molecular weight is 298 g/mol. The molecule has 0 aliphatic carbocycles. The van der Waals surface area contributed by atoms with Crippen LogP contribution in [0.5, 0.6) is 0 Å². The molecule has 0 aliphatic rings. The molecule has 1 rings (SSSR count). The van der Waals surface area contributed by atoms with Gasteiger partial charge in [0, 0.05) is 10.4 Å². The number of sulfone groups is 1. The number of aryl methyl sites for hydroxylation is 1. The van der Waals surface area contributed by atoms with Gasteiger partial charge in [0.25, 0.3) is 0 Å². The smallest absolute Gasteiger partial charge is 0.179 e. The van der Waals surface area contributed by atoms with Crippen LogP contribution >= 0.6 is 27.5 Å². The van der Waals surface area contributed by atoms with E-state index in [2.05, 4.69) is 15.9 Å². The number of alkyl halides is 1.